The van der Waals surface area contributed by atoms with Crippen LogP contribution in [0.3, 0.4) is 0 Å². The Labute approximate surface area is 154 Å². The molecule has 0 radical (unpaired) electrons. The molecule has 2 aliphatic carbocycles. The SMILES string of the molecule is O=S(=O)(NC1=C(c2ccccc2F)CC2(CCCC2)C1)c1ccccc1. The average molecular weight is 371 g/mol. The number of hydrogen-bond donors (Lipinski definition) is 1. The maximum absolute atomic E-state index is 14.4. The molecule has 0 bridgehead atoms. The lowest BCUT2D eigenvalue weighted by molar-refractivity contribution is 0.319. The van der Waals surface area contributed by atoms with E-state index in [1.165, 1.54) is 6.07 Å². The number of benzene rings is 2. The molecule has 0 amide bonds. The third-order valence-electron chi connectivity index (χ3n) is 5.64. The van der Waals surface area contributed by atoms with Gasteiger partial charge in [0, 0.05) is 11.3 Å². The zero-order valence-electron chi connectivity index (χ0n) is 14.5. The molecule has 26 heavy (non-hydrogen) atoms. The van der Waals surface area contributed by atoms with E-state index >= 15 is 0 Å². The molecule has 2 aromatic carbocycles. The van der Waals surface area contributed by atoms with E-state index in [9.17, 15) is 12.8 Å². The van der Waals surface area contributed by atoms with Crippen molar-refractivity contribution in [1.82, 2.24) is 4.72 Å². The fourth-order valence-electron chi connectivity index (χ4n) is 4.39. The predicted molar refractivity (Wildman–Crippen MR) is 100 cm³/mol. The first-order valence-corrected chi connectivity index (χ1v) is 10.5. The number of hydrogen-bond acceptors (Lipinski definition) is 2. The van der Waals surface area contributed by atoms with Crippen LogP contribution in [0.4, 0.5) is 4.39 Å². The summed E-state index contributed by atoms with van der Waals surface area (Å²) in [6.45, 7) is 0. The molecular weight excluding hydrogens is 349 g/mol. The van der Waals surface area contributed by atoms with E-state index in [-0.39, 0.29) is 16.1 Å². The predicted octanol–water partition coefficient (Wildman–Crippen LogP) is 4.87. The van der Waals surface area contributed by atoms with Crippen LogP contribution in [0.5, 0.6) is 0 Å². The van der Waals surface area contributed by atoms with Gasteiger partial charge < -0.3 is 0 Å². The van der Waals surface area contributed by atoms with Crippen LogP contribution < -0.4 is 4.72 Å². The number of halogens is 1. The normalized spacial score (nSPS) is 19.3. The van der Waals surface area contributed by atoms with Crippen LogP contribution in [-0.4, -0.2) is 8.42 Å². The van der Waals surface area contributed by atoms with Gasteiger partial charge in [0.1, 0.15) is 5.82 Å². The van der Waals surface area contributed by atoms with E-state index in [1.807, 2.05) is 0 Å². The molecule has 0 aromatic heterocycles. The van der Waals surface area contributed by atoms with E-state index in [1.54, 1.807) is 48.5 Å². The Hall–Kier alpha value is -2.14. The number of nitrogens with one attached hydrogen (secondary N) is 1. The van der Waals surface area contributed by atoms with Crippen molar-refractivity contribution in [2.75, 3.05) is 0 Å². The second-order valence-electron chi connectivity index (χ2n) is 7.42. The maximum Gasteiger partial charge on any atom is 0.261 e. The first kappa shape index (κ1) is 17.3. The topological polar surface area (TPSA) is 46.2 Å². The molecule has 0 saturated heterocycles. The highest BCUT2D eigenvalue weighted by Crippen LogP contribution is 2.54. The van der Waals surface area contributed by atoms with Crippen LogP contribution >= 0.6 is 0 Å². The van der Waals surface area contributed by atoms with E-state index in [0.29, 0.717) is 17.7 Å². The fraction of sp³-hybridized carbons (Fsp3) is 0.333. The highest BCUT2D eigenvalue weighted by molar-refractivity contribution is 7.89. The zero-order chi connectivity index (χ0) is 18.2. The molecule has 0 heterocycles. The highest BCUT2D eigenvalue weighted by Gasteiger charge is 2.42. The molecule has 136 valence electrons. The fourth-order valence-corrected chi connectivity index (χ4v) is 5.54. The van der Waals surface area contributed by atoms with Crippen molar-refractivity contribution >= 4 is 15.6 Å². The van der Waals surface area contributed by atoms with Crippen LogP contribution in [-0.2, 0) is 10.0 Å². The minimum absolute atomic E-state index is 0.0756. The van der Waals surface area contributed by atoms with Crippen molar-refractivity contribution in [3.63, 3.8) is 0 Å². The van der Waals surface area contributed by atoms with Gasteiger partial charge in [-0.2, -0.15) is 0 Å². The van der Waals surface area contributed by atoms with Crippen molar-refractivity contribution < 1.29 is 12.8 Å². The lowest BCUT2D eigenvalue weighted by Gasteiger charge is -2.23. The third-order valence-corrected chi connectivity index (χ3v) is 7.05. The van der Waals surface area contributed by atoms with Gasteiger partial charge in [0.2, 0.25) is 0 Å². The van der Waals surface area contributed by atoms with Crippen molar-refractivity contribution in [2.24, 2.45) is 5.41 Å². The summed E-state index contributed by atoms with van der Waals surface area (Å²) in [6.07, 6.45) is 5.86. The molecule has 1 saturated carbocycles. The second kappa shape index (κ2) is 6.54. The molecule has 0 aliphatic heterocycles. The van der Waals surface area contributed by atoms with Gasteiger partial charge >= 0.3 is 0 Å². The van der Waals surface area contributed by atoms with Gasteiger partial charge in [-0.15, -0.1) is 0 Å². The Kier molecular flexibility index (Phi) is 4.35. The molecule has 1 spiro atoms. The number of rotatable bonds is 4. The van der Waals surface area contributed by atoms with Gasteiger partial charge in [-0.3, -0.25) is 4.72 Å². The van der Waals surface area contributed by atoms with Crippen molar-refractivity contribution in [2.45, 2.75) is 43.4 Å². The van der Waals surface area contributed by atoms with Gasteiger partial charge in [0.05, 0.1) is 4.90 Å². The van der Waals surface area contributed by atoms with Gasteiger partial charge in [0.15, 0.2) is 0 Å². The Balaban J connectivity index is 1.74. The van der Waals surface area contributed by atoms with E-state index in [4.69, 9.17) is 0 Å². The Morgan fingerprint density at radius 3 is 2.23 bits per heavy atom. The zero-order valence-corrected chi connectivity index (χ0v) is 15.4. The summed E-state index contributed by atoms with van der Waals surface area (Å²) in [5, 5.41) is 0. The summed E-state index contributed by atoms with van der Waals surface area (Å²) in [4.78, 5) is 0.229. The van der Waals surface area contributed by atoms with E-state index < -0.39 is 10.0 Å². The monoisotopic (exact) mass is 371 g/mol. The molecular formula is C21H22FNO2S. The van der Waals surface area contributed by atoms with E-state index in [2.05, 4.69) is 4.72 Å². The maximum atomic E-state index is 14.4. The molecule has 0 atom stereocenters. The molecule has 1 N–H and O–H groups in total. The summed E-state index contributed by atoms with van der Waals surface area (Å²) in [7, 11) is -3.67. The van der Waals surface area contributed by atoms with Crippen LogP contribution in [0.1, 0.15) is 44.1 Å². The minimum Gasteiger partial charge on any atom is -0.283 e. The molecule has 3 nitrogen and oxygen atoms in total. The molecule has 2 aromatic rings. The summed E-state index contributed by atoms with van der Waals surface area (Å²) in [6, 6.07) is 15.0. The third kappa shape index (κ3) is 3.16. The van der Waals surface area contributed by atoms with Crippen molar-refractivity contribution in [1.29, 1.82) is 0 Å². The molecule has 2 aliphatic rings. The molecule has 1 fully saturated rings. The van der Waals surface area contributed by atoms with Gasteiger partial charge in [0.25, 0.3) is 10.0 Å². The van der Waals surface area contributed by atoms with Gasteiger partial charge in [-0.05, 0) is 54.9 Å². The summed E-state index contributed by atoms with van der Waals surface area (Å²) >= 11 is 0. The second-order valence-corrected chi connectivity index (χ2v) is 9.10. The lowest BCUT2D eigenvalue weighted by atomic mass is 9.82. The number of sulfonamides is 1. The Morgan fingerprint density at radius 1 is 0.885 bits per heavy atom. The van der Waals surface area contributed by atoms with Crippen molar-refractivity contribution in [3.8, 4) is 0 Å². The number of allylic oxidation sites excluding steroid dienone is 2. The molecule has 5 heteroatoms. The van der Waals surface area contributed by atoms with Crippen LogP contribution in [0.15, 0.2) is 65.2 Å². The van der Waals surface area contributed by atoms with Gasteiger partial charge in [-0.25, -0.2) is 12.8 Å². The van der Waals surface area contributed by atoms with E-state index in [0.717, 1.165) is 37.7 Å². The summed E-state index contributed by atoms with van der Waals surface area (Å²) < 4.78 is 42.8. The smallest absolute Gasteiger partial charge is 0.261 e. The molecule has 0 unspecified atom stereocenters. The molecule has 4 rings (SSSR count). The minimum atomic E-state index is -3.67. The van der Waals surface area contributed by atoms with Crippen LogP contribution in [0.2, 0.25) is 0 Å². The average Bonchev–Trinajstić information content (AvgIpc) is 3.23. The quantitative estimate of drug-likeness (QED) is 0.833. The lowest BCUT2D eigenvalue weighted by Crippen LogP contribution is -2.24. The summed E-state index contributed by atoms with van der Waals surface area (Å²) in [5.74, 6) is -0.297. The van der Waals surface area contributed by atoms with Crippen LogP contribution in [0.25, 0.3) is 5.57 Å². The van der Waals surface area contributed by atoms with Gasteiger partial charge in [-0.1, -0.05) is 49.2 Å². The highest BCUT2D eigenvalue weighted by atomic mass is 32.2. The first-order chi connectivity index (χ1) is 12.5. The largest absolute Gasteiger partial charge is 0.283 e. The van der Waals surface area contributed by atoms with Crippen LogP contribution in [0, 0.1) is 11.2 Å². The first-order valence-electron chi connectivity index (χ1n) is 9.04. The Bertz CT molecular complexity index is 945. The van der Waals surface area contributed by atoms with Crippen molar-refractivity contribution in [3.05, 3.63) is 71.7 Å². The summed E-state index contributed by atoms with van der Waals surface area (Å²) in [5.41, 5.74) is 2.05. The Morgan fingerprint density at radius 2 is 1.54 bits per heavy atom. The standard InChI is InChI=1S/C21H22FNO2S/c22-19-11-5-4-10-17(19)18-14-21(12-6-7-13-21)15-20(18)23-26(24,25)16-8-2-1-3-9-16/h1-5,8-11,23H,6-7,12-15H2.